The molecule has 0 aliphatic rings. The molecule has 12 heavy (non-hydrogen) atoms. The number of hydrogen-bond donors (Lipinski definition) is 2. The lowest BCUT2D eigenvalue weighted by Gasteiger charge is -2.23. The molecule has 3 N–H and O–H groups in total. The molecule has 0 aromatic rings. The molecule has 2 nitrogen and oxygen atoms in total. The van der Waals surface area contributed by atoms with Crippen LogP contribution in [0.25, 0.3) is 0 Å². The molecule has 0 saturated carbocycles. The summed E-state index contributed by atoms with van der Waals surface area (Å²) in [5, 5.41) is 3.45. The minimum atomic E-state index is 0.425. The maximum absolute atomic E-state index is 5.51. The van der Waals surface area contributed by atoms with Gasteiger partial charge in [-0.05, 0) is 30.8 Å². The molecule has 0 spiro atoms. The summed E-state index contributed by atoms with van der Waals surface area (Å²) in [6.07, 6.45) is 1.22. The molecule has 0 rings (SSSR count). The second-order valence-corrected chi connectivity index (χ2v) is 4.49. The van der Waals surface area contributed by atoms with Gasteiger partial charge < -0.3 is 11.1 Å². The average molecular weight is 172 g/mol. The highest BCUT2D eigenvalue weighted by molar-refractivity contribution is 4.70. The first-order valence-electron chi connectivity index (χ1n) is 4.92. The van der Waals surface area contributed by atoms with Crippen molar-refractivity contribution in [1.82, 2.24) is 5.32 Å². The molecule has 1 atom stereocenters. The molecular weight excluding hydrogens is 148 g/mol. The van der Waals surface area contributed by atoms with Gasteiger partial charge in [0, 0.05) is 6.54 Å². The lowest BCUT2D eigenvalue weighted by atomic mass is 9.90. The van der Waals surface area contributed by atoms with E-state index < -0.39 is 0 Å². The molecule has 1 unspecified atom stereocenters. The van der Waals surface area contributed by atoms with Crippen molar-refractivity contribution in [3.8, 4) is 0 Å². The van der Waals surface area contributed by atoms with Gasteiger partial charge in [0.05, 0.1) is 0 Å². The smallest absolute Gasteiger partial charge is 0.000254 e. The molecule has 0 fully saturated rings. The van der Waals surface area contributed by atoms with Crippen molar-refractivity contribution in [2.45, 2.75) is 34.1 Å². The number of nitrogens with one attached hydrogen (secondary N) is 1. The van der Waals surface area contributed by atoms with E-state index in [4.69, 9.17) is 5.73 Å². The molecule has 0 aromatic carbocycles. The Balaban J connectivity index is 3.42. The van der Waals surface area contributed by atoms with Crippen LogP contribution in [0.1, 0.15) is 34.1 Å². The lowest BCUT2D eigenvalue weighted by molar-refractivity contribution is 0.319. The summed E-state index contributed by atoms with van der Waals surface area (Å²) in [5.41, 5.74) is 5.94. The first-order chi connectivity index (χ1) is 5.52. The van der Waals surface area contributed by atoms with Crippen molar-refractivity contribution in [2.75, 3.05) is 19.6 Å². The van der Waals surface area contributed by atoms with Crippen molar-refractivity contribution in [3.05, 3.63) is 0 Å². The highest BCUT2D eigenvalue weighted by atomic mass is 14.9. The summed E-state index contributed by atoms with van der Waals surface area (Å²) >= 11 is 0. The van der Waals surface area contributed by atoms with Gasteiger partial charge in [0.25, 0.3) is 0 Å². The van der Waals surface area contributed by atoms with E-state index in [2.05, 4.69) is 33.0 Å². The number of nitrogens with two attached hydrogens (primary N) is 1. The fraction of sp³-hybridized carbons (Fsp3) is 1.00. The third-order valence-corrected chi connectivity index (χ3v) is 2.46. The molecule has 0 radical (unpaired) electrons. The van der Waals surface area contributed by atoms with E-state index in [-0.39, 0.29) is 0 Å². The number of rotatable bonds is 6. The fourth-order valence-electron chi connectivity index (χ4n) is 0.865. The summed E-state index contributed by atoms with van der Waals surface area (Å²) in [7, 11) is 0. The van der Waals surface area contributed by atoms with Crippen molar-refractivity contribution in [3.63, 3.8) is 0 Å². The Bertz CT molecular complexity index is 110. The van der Waals surface area contributed by atoms with E-state index in [0.717, 1.165) is 19.6 Å². The highest BCUT2D eigenvalue weighted by Gasteiger charge is 2.14. The van der Waals surface area contributed by atoms with Gasteiger partial charge in [0.15, 0.2) is 0 Å². The van der Waals surface area contributed by atoms with E-state index in [1.54, 1.807) is 0 Å². The second kappa shape index (κ2) is 5.55. The Hall–Kier alpha value is -0.0800. The van der Waals surface area contributed by atoms with Gasteiger partial charge in [-0.25, -0.2) is 0 Å². The normalized spacial score (nSPS) is 14.8. The molecule has 0 heterocycles. The van der Waals surface area contributed by atoms with Crippen molar-refractivity contribution in [1.29, 1.82) is 0 Å². The first kappa shape index (κ1) is 11.9. The van der Waals surface area contributed by atoms with Crippen molar-refractivity contribution < 1.29 is 0 Å². The van der Waals surface area contributed by atoms with E-state index in [1.165, 1.54) is 6.42 Å². The van der Waals surface area contributed by atoms with E-state index >= 15 is 0 Å². The number of hydrogen-bond acceptors (Lipinski definition) is 2. The van der Waals surface area contributed by atoms with Gasteiger partial charge in [-0.15, -0.1) is 0 Å². The van der Waals surface area contributed by atoms with Crippen LogP contribution >= 0.6 is 0 Å². The van der Waals surface area contributed by atoms with Crippen molar-refractivity contribution >= 4 is 0 Å². The fourth-order valence-corrected chi connectivity index (χ4v) is 0.865. The monoisotopic (exact) mass is 172 g/mol. The van der Waals surface area contributed by atoms with Gasteiger partial charge in [-0.2, -0.15) is 0 Å². The predicted molar refractivity (Wildman–Crippen MR) is 55.2 cm³/mol. The van der Waals surface area contributed by atoms with E-state index in [0.29, 0.717) is 11.3 Å². The third kappa shape index (κ3) is 5.56. The van der Waals surface area contributed by atoms with Crippen LogP contribution in [0.4, 0.5) is 0 Å². The molecule has 0 aliphatic carbocycles. The minimum Gasteiger partial charge on any atom is -0.330 e. The topological polar surface area (TPSA) is 38.0 Å². The molecule has 0 aliphatic heterocycles. The summed E-state index contributed by atoms with van der Waals surface area (Å²) in [6, 6.07) is 0. The van der Waals surface area contributed by atoms with Gasteiger partial charge >= 0.3 is 0 Å². The first-order valence-corrected chi connectivity index (χ1v) is 4.92. The Morgan fingerprint density at radius 1 is 1.42 bits per heavy atom. The second-order valence-electron chi connectivity index (χ2n) is 4.49. The van der Waals surface area contributed by atoms with E-state index in [1.807, 2.05) is 0 Å². The molecule has 0 bridgehead atoms. The van der Waals surface area contributed by atoms with Crippen LogP contribution in [0.5, 0.6) is 0 Å². The summed E-state index contributed by atoms with van der Waals surface area (Å²) < 4.78 is 0. The molecule has 0 saturated heterocycles. The standard InChI is InChI=1S/C10H24N2/c1-5-10(3,4)8-12-7-9(2)6-11/h9,12H,5-8,11H2,1-4H3. The maximum Gasteiger partial charge on any atom is 0.000254 e. The molecular formula is C10H24N2. The Morgan fingerprint density at radius 2 is 2.00 bits per heavy atom. The van der Waals surface area contributed by atoms with Crippen LogP contribution in [-0.2, 0) is 0 Å². The average Bonchev–Trinajstić information content (AvgIpc) is 2.04. The van der Waals surface area contributed by atoms with Crippen LogP contribution < -0.4 is 11.1 Å². The largest absolute Gasteiger partial charge is 0.330 e. The minimum absolute atomic E-state index is 0.425. The van der Waals surface area contributed by atoms with Gasteiger partial charge in [0.1, 0.15) is 0 Å². The zero-order valence-electron chi connectivity index (χ0n) is 8.98. The Labute approximate surface area is 76.9 Å². The van der Waals surface area contributed by atoms with Crippen LogP contribution in [0.2, 0.25) is 0 Å². The lowest BCUT2D eigenvalue weighted by Crippen LogP contribution is -2.33. The van der Waals surface area contributed by atoms with Crippen LogP contribution in [0.15, 0.2) is 0 Å². The summed E-state index contributed by atoms with van der Waals surface area (Å²) in [6.45, 7) is 11.9. The zero-order chi connectivity index (χ0) is 9.61. The van der Waals surface area contributed by atoms with Gasteiger partial charge in [0.2, 0.25) is 0 Å². The highest BCUT2D eigenvalue weighted by Crippen LogP contribution is 2.17. The summed E-state index contributed by atoms with van der Waals surface area (Å²) in [5.74, 6) is 0.595. The Morgan fingerprint density at radius 3 is 2.42 bits per heavy atom. The quantitative estimate of drug-likeness (QED) is 0.639. The van der Waals surface area contributed by atoms with Crippen LogP contribution in [0.3, 0.4) is 0 Å². The van der Waals surface area contributed by atoms with Crippen LogP contribution in [-0.4, -0.2) is 19.6 Å². The predicted octanol–water partition coefficient (Wildman–Crippen LogP) is 1.61. The SMILES string of the molecule is CCC(C)(C)CNCC(C)CN. The zero-order valence-corrected chi connectivity index (χ0v) is 8.98. The Kier molecular flexibility index (Phi) is 5.51. The van der Waals surface area contributed by atoms with E-state index in [9.17, 15) is 0 Å². The molecule has 0 aromatic heterocycles. The van der Waals surface area contributed by atoms with Gasteiger partial charge in [-0.3, -0.25) is 0 Å². The molecule has 0 amide bonds. The van der Waals surface area contributed by atoms with Crippen LogP contribution in [0, 0.1) is 11.3 Å². The van der Waals surface area contributed by atoms with Crippen molar-refractivity contribution in [2.24, 2.45) is 17.1 Å². The third-order valence-electron chi connectivity index (χ3n) is 2.46. The maximum atomic E-state index is 5.51. The molecule has 2 heteroatoms. The summed E-state index contributed by atoms with van der Waals surface area (Å²) in [4.78, 5) is 0. The van der Waals surface area contributed by atoms with Gasteiger partial charge in [-0.1, -0.05) is 27.7 Å². The molecule has 74 valence electrons.